The lowest BCUT2D eigenvalue weighted by molar-refractivity contribution is -0.0954. The van der Waals surface area contributed by atoms with Crippen molar-refractivity contribution >= 4 is 17.6 Å². The molecule has 0 radical (unpaired) electrons. The van der Waals surface area contributed by atoms with Gasteiger partial charge in [-0.05, 0) is 103 Å². The Labute approximate surface area is 267 Å². The van der Waals surface area contributed by atoms with Crippen molar-refractivity contribution in [1.29, 1.82) is 0 Å². The minimum absolute atomic E-state index is 0.0191. The van der Waals surface area contributed by atoms with Crippen LogP contribution in [0.2, 0.25) is 0 Å². The van der Waals surface area contributed by atoms with E-state index in [9.17, 15) is 41.0 Å². The van der Waals surface area contributed by atoms with Gasteiger partial charge in [0.05, 0.1) is 17.2 Å². The van der Waals surface area contributed by atoms with Crippen LogP contribution in [0.4, 0.5) is 35.5 Å². The number of cyclic esters (lactones) is 1. The molecule has 1 amide bonds. The lowest BCUT2D eigenvalue weighted by Gasteiger charge is -2.35. The molecule has 0 saturated carbocycles. The second kappa shape index (κ2) is 13.0. The Morgan fingerprint density at radius 1 is 1.04 bits per heavy atom. The van der Waals surface area contributed by atoms with E-state index in [-0.39, 0.29) is 29.2 Å². The number of ether oxygens (including phenoxy) is 1. The minimum Gasteiger partial charge on any atom is -0.478 e. The number of hydrogen-bond donors (Lipinski definition) is 1. The van der Waals surface area contributed by atoms with Gasteiger partial charge in [0.25, 0.3) is 0 Å². The van der Waals surface area contributed by atoms with E-state index in [0.717, 1.165) is 5.57 Å². The number of hydrogen-bond acceptors (Lipinski definition) is 3. The van der Waals surface area contributed by atoms with E-state index in [0.29, 0.717) is 54.5 Å². The highest BCUT2D eigenvalue weighted by Crippen LogP contribution is 2.45. The first-order chi connectivity index (χ1) is 21.7. The van der Waals surface area contributed by atoms with E-state index in [1.807, 2.05) is 13.8 Å². The number of allylic oxidation sites excluding steroid dienone is 4. The zero-order chi connectivity index (χ0) is 35.1. The summed E-state index contributed by atoms with van der Waals surface area (Å²) in [6.07, 6.45) is -10.2. The van der Waals surface area contributed by atoms with Gasteiger partial charge in [-0.2, -0.15) is 26.3 Å². The van der Waals surface area contributed by atoms with Gasteiger partial charge in [-0.3, -0.25) is 4.90 Å². The van der Waals surface area contributed by atoms with Crippen LogP contribution >= 0.6 is 0 Å². The molecule has 0 unspecified atom stereocenters. The maximum atomic E-state index is 15.4. The molecule has 1 aliphatic heterocycles. The Morgan fingerprint density at radius 3 is 2.23 bits per heavy atom. The standard InChI is InChI=1S/C35H34F7NO4/c1-19(14-26(35(40,41)42)15-20(2)34(37,38)39)30-21(3)43(32(46)47-30)18-25-17-33(4,5)13-12-27(25)28-16-24(10-11-29(28)36)22-6-8-23(9-7-22)31(44)45/h6-11,14-16,21,30H,1,12-13,17-18H2,2-5H3,(H,44,45)/b20-15+,26-14+/t21-,30+/m0/s1. The van der Waals surface area contributed by atoms with Crippen molar-refractivity contribution in [3.63, 3.8) is 0 Å². The molecular formula is C35H34F7NO4. The van der Waals surface area contributed by atoms with Gasteiger partial charge < -0.3 is 9.84 Å². The van der Waals surface area contributed by atoms with E-state index in [4.69, 9.17) is 4.74 Å². The molecule has 0 aromatic heterocycles. The molecular weight excluding hydrogens is 631 g/mol. The number of aromatic carboxylic acids is 1. The normalized spacial score (nSPS) is 20.8. The molecule has 2 atom stereocenters. The van der Waals surface area contributed by atoms with Crippen molar-refractivity contribution in [2.75, 3.05) is 6.54 Å². The Kier molecular flexibility index (Phi) is 9.85. The molecule has 1 saturated heterocycles. The molecule has 12 heteroatoms. The number of carboxylic acid groups (broad SMARTS) is 1. The zero-order valence-electron chi connectivity index (χ0n) is 26.2. The second-order valence-corrected chi connectivity index (χ2v) is 12.7. The summed E-state index contributed by atoms with van der Waals surface area (Å²) < 4.78 is 101. The number of benzene rings is 2. The molecule has 252 valence electrons. The summed E-state index contributed by atoms with van der Waals surface area (Å²) in [7, 11) is 0. The first-order valence-corrected chi connectivity index (χ1v) is 14.7. The van der Waals surface area contributed by atoms with Crippen LogP contribution in [0.1, 0.15) is 62.9 Å². The molecule has 1 aliphatic carbocycles. The van der Waals surface area contributed by atoms with E-state index in [2.05, 4.69) is 6.58 Å². The van der Waals surface area contributed by atoms with Gasteiger partial charge in [0, 0.05) is 17.7 Å². The Balaban J connectivity index is 1.68. The van der Waals surface area contributed by atoms with Crippen LogP contribution in [0, 0.1) is 11.2 Å². The maximum Gasteiger partial charge on any atom is 0.416 e. The fraction of sp³-hybridized carbons (Fsp3) is 0.371. The fourth-order valence-electron chi connectivity index (χ4n) is 5.84. The number of rotatable bonds is 8. The largest absolute Gasteiger partial charge is 0.478 e. The number of carbonyl (C=O) groups is 2. The third-order valence-corrected chi connectivity index (χ3v) is 8.53. The number of carboxylic acids is 1. The predicted molar refractivity (Wildman–Crippen MR) is 163 cm³/mol. The number of amides is 1. The van der Waals surface area contributed by atoms with Crippen molar-refractivity contribution < 1.29 is 50.2 Å². The topological polar surface area (TPSA) is 66.8 Å². The molecule has 4 rings (SSSR count). The molecule has 1 fully saturated rings. The predicted octanol–water partition coefficient (Wildman–Crippen LogP) is 9.92. The molecule has 47 heavy (non-hydrogen) atoms. The van der Waals surface area contributed by atoms with Crippen molar-refractivity contribution in [2.45, 2.75) is 71.5 Å². The number of carbonyl (C=O) groups excluding carboxylic acids is 1. The Bertz CT molecular complexity index is 1660. The van der Waals surface area contributed by atoms with Gasteiger partial charge >= 0.3 is 24.4 Å². The lowest BCUT2D eigenvalue weighted by atomic mass is 9.72. The second-order valence-electron chi connectivity index (χ2n) is 12.7. The number of alkyl halides is 6. The van der Waals surface area contributed by atoms with Gasteiger partial charge in [0.2, 0.25) is 0 Å². The van der Waals surface area contributed by atoms with E-state index < -0.39 is 53.5 Å². The molecule has 5 nitrogen and oxygen atoms in total. The van der Waals surface area contributed by atoms with Gasteiger partial charge in [-0.15, -0.1) is 0 Å². The first kappa shape index (κ1) is 35.5. The fourth-order valence-corrected chi connectivity index (χ4v) is 5.84. The van der Waals surface area contributed by atoms with Gasteiger partial charge in [-0.1, -0.05) is 38.6 Å². The number of nitrogens with zero attached hydrogens (tertiary/aromatic N) is 1. The highest BCUT2D eigenvalue weighted by molar-refractivity contribution is 5.88. The molecule has 2 aromatic carbocycles. The highest BCUT2D eigenvalue weighted by atomic mass is 19.4. The molecule has 2 aromatic rings. The molecule has 0 bridgehead atoms. The first-order valence-electron chi connectivity index (χ1n) is 14.7. The minimum atomic E-state index is -5.13. The van der Waals surface area contributed by atoms with Crippen LogP contribution in [0.15, 0.2) is 83.5 Å². The third-order valence-electron chi connectivity index (χ3n) is 8.53. The van der Waals surface area contributed by atoms with Gasteiger partial charge in [0.15, 0.2) is 0 Å². The monoisotopic (exact) mass is 665 g/mol. The van der Waals surface area contributed by atoms with Crippen molar-refractivity contribution in [3.05, 3.63) is 100 Å². The van der Waals surface area contributed by atoms with Crippen LogP contribution in [0.5, 0.6) is 0 Å². The van der Waals surface area contributed by atoms with Crippen LogP contribution in [-0.2, 0) is 4.74 Å². The summed E-state index contributed by atoms with van der Waals surface area (Å²) in [5.41, 5.74) is -0.501. The quantitative estimate of drug-likeness (QED) is 0.225. The molecule has 2 aliphatic rings. The smallest absolute Gasteiger partial charge is 0.416 e. The SMILES string of the molecule is C=C(/C=C(\C=C(/C)C(F)(F)F)C(F)(F)F)[C@H]1OC(=O)N(CC2=C(c3cc(-c4ccc(C(=O)O)cc4)ccc3F)CCC(C)(C)C2)[C@H]1C. The van der Waals surface area contributed by atoms with Crippen LogP contribution < -0.4 is 0 Å². The Hall–Kier alpha value is -4.35. The van der Waals surface area contributed by atoms with Crippen molar-refractivity contribution in [1.82, 2.24) is 4.90 Å². The van der Waals surface area contributed by atoms with Crippen molar-refractivity contribution in [3.8, 4) is 11.1 Å². The zero-order valence-corrected chi connectivity index (χ0v) is 26.2. The number of halogens is 7. The average molecular weight is 666 g/mol. The summed E-state index contributed by atoms with van der Waals surface area (Å²) in [4.78, 5) is 25.6. The maximum absolute atomic E-state index is 15.4. The van der Waals surface area contributed by atoms with Gasteiger partial charge in [0.1, 0.15) is 11.9 Å². The molecule has 0 spiro atoms. The summed E-state index contributed by atoms with van der Waals surface area (Å²) in [6, 6.07) is 9.82. The van der Waals surface area contributed by atoms with E-state index in [1.54, 1.807) is 24.3 Å². The average Bonchev–Trinajstić information content (AvgIpc) is 3.24. The third kappa shape index (κ3) is 8.15. The van der Waals surface area contributed by atoms with Crippen LogP contribution in [-0.4, -0.2) is 53.1 Å². The Morgan fingerprint density at radius 2 is 1.66 bits per heavy atom. The summed E-state index contributed by atoms with van der Waals surface area (Å²) in [5, 5.41) is 9.21. The lowest BCUT2D eigenvalue weighted by Crippen LogP contribution is -2.37. The van der Waals surface area contributed by atoms with Crippen LogP contribution in [0.3, 0.4) is 0 Å². The van der Waals surface area contributed by atoms with E-state index >= 15 is 4.39 Å². The summed E-state index contributed by atoms with van der Waals surface area (Å²) in [5.74, 6) is -1.58. The highest BCUT2D eigenvalue weighted by Gasteiger charge is 2.43. The summed E-state index contributed by atoms with van der Waals surface area (Å²) in [6.45, 7) is 9.67. The van der Waals surface area contributed by atoms with E-state index in [1.165, 1.54) is 30.0 Å². The summed E-state index contributed by atoms with van der Waals surface area (Å²) >= 11 is 0. The van der Waals surface area contributed by atoms with Crippen molar-refractivity contribution in [2.24, 2.45) is 5.41 Å². The van der Waals surface area contributed by atoms with Crippen LogP contribution in [0.25, 0.3) is 16.7 Å². The molecule has 1 heterocycles. The molecule has 1 N–H and O–H groups in total. The van der Waals surface area contributed by atoms with Gasteiger partial charge in [-0.25, -0.2) is 14.0 Å².